The molecule has 6 nitrogen and oxygen atoms in total. The van der Waals surface area contributed by atoms with Crippen LogP contribution in [0.4, 0.5) is 0 Å². The summed E-state index contributed by atoms with van der Waals surface area (Å²) in [7, 11) is 0. The summed E-state index contributed by atoms with van der Waals surface area (Å²) in [5.74, 6) is -1.29. The Morgan fingerprint density at radius 1 is 1.42 bits per heavy atom. The molecule has 0 radical (unpaired) electrons. The Morgan fingerprint density at radius 3 is 2.79 bits per heavy atom. The van der Waals surface area contributed by atoms with Gasteiger partial charge in [-0.3, -0.25) is 9.59 Å². The summed E-state index contributed by atoms with van der Waals surface area (Å²) in [4.78, 5) is 38.3. The first-order valence-corrected chi connectivity index (χ1v) is 9.07. The summed E-state index contributed by atoms with van der Waals surface area (Å²) in [6, 6.07) is 5.79. The summed E-state index contributed by atoms with van der Waals surface area (Å²) in [6.07, 6.45) is 0.646. The number of nitrogens with one attached hydrogen (secondary N) is 1. The normalized spacial score (nSPS) is 24.2. The molecule has 1 aromatic carbocycles. The molecule has 24 heavy (non-hydrogen) atoms. The van der Waals surface area contributed by atoms with Crippen molar-refractivity contribution in [3.63, 3.8) is 0 Å². The molecule has 0 unspecified atom stereocenters. The third kappa shape index (κ3) is 2.66. The molecule has 2 heterocycles. The number of aliphatic carboxylic acids is 1. The predicted octanol–water partition coefficient (Wildman–Crippen LogP) is 1.87. The van der Waals surface area contributed by atoms with Crippen LogP contribution in [-0.4, -0.2) is 45.6 Å². The van der Waals surface area contributed by atoms with E-state index in [4.69, 9.17) is 0 Å². The van der Waals surface area contributed by atoms with Gasteiger partial charge in [0, 0.05) is 11.3 Å². The van der Waals surface area contributed by atoms with Crippen molar-refractivity contribution in [3.8, 4) is 0 Å². The number of carbonyl (C=O) groups is 3. The van der Waals surface area contributed by atoms with Gasteiger partial charge >= 0.3 is 5.97 Å². The van der Waals surface area contributed by atoms with Gasteiger partial charge < -0.3 is 15.3 Å². The zero-order valence-electron chi connectivity index (χ0n) is 13.6. The number of fused-ring (bicyclic) bond motifs is 3. The minimum atomic E-state index is -1.05. The van der Waals surface area contributed by atoms with Crippen LogP contribution in [0, 0.1) is 5.92 Å². The van der Waals surface area contributed by atoms with Gasteiger partial charge in [-0.25, -0.2) is 4.79 Å². The second-order valence-corrected chi connectivity index (χ2v) is 7.32. The molecule has 0 spiro atoms. The third-order valence-electron chi connectivity index (χ3n) is 4.77. The summed E-state index contributed by atoms with van der Waals surface area (Å²) in [5, 5.41) is 11.8. The molecule has 2 aliphatic heterocycles. The number of nitrogens with zero attached hydrogens (tertiary/aromatic N) is 1. The van der Waals surface area contributed by atoms with Gasteiger partial charge in [-0.2, -0.15) is 0 Å². The Bertz CT molecular complexity index is 693. The van der Waals surface area contributed by atoms with Gasteiger partial charge in [0.1, 0.15) is 17.5 Å². The molecule has 1 aromatic rings. The maximum Gasteiger partial charge on any atom is 0.326 e. The van der Waals surface area contributed by atoms with Gasteiger partial charge in [0.05, 0.1) is 0 Å². The van der Waals surface area contributed by atoms with Crippen LogP contribution in [0.1, 0.15) is 41.6 Å². The van der Waals surface area contributed by atoms with E-state index >= 15 is 0 Å². The zero-order chi connectivity index (χ0) is 17.4. The quantitative estimate of drug-likeness (QED) is 0.848. The number of carboxylic acids is 1. The van der Waals surface area contributed by atoms with E-state index in [0.717, 1.165) is 5.56 Å². The van der Waals surface area contributed by atoms with E-state index in [0.29, 0.717) is 17.7 Å². The van der Waals surface area contributed by atoms with E-state index in [1.54, 1.807) is 29.7 Å². The first-order valence-electron chi connectivity index (χ1n) is 8.02. The Balaban J connectivity index is 1.79. The van der Waals surface area contributed by atoms with Gasteiger partial charge in [0.2, 0.25) is 5.91 Å². The largest absolute Gasteiger partial charge is 0.480 e. The maximum absolute atomic E-state index is 12.6. The number of carboxylic acid groups (broad SMARTS) is 1. The van der Waals surface area contributed by atoms with Gasteiger partial charge in [0.25, 0.3) is 5.91 Å². The first-order chi connectivity index (χ1) is 11.5. The highest BCUT2D eigenvalue weighted by molar-refractivity contribution is 7.99. The average Bonchev–Trinajstić information content (AvgIpc) is 3.12. The minimum Gasteiger partial charge on any atom is -0.480 e. The maximum atomic E-state index is 12.6. The number of hydrogen-bond donors (Lipinski definition) is 2. The first kappa shape index (κ1) is 16.8. The lowest BCUT2D eigenvalue weighted by molar-refractivity contribution is -0.143. The predicted molar refractivity (Wildman–Crippen MR) is 90.6 cm³/mol. The highest BCUT2D eigenvalue weighted by Gasteiger charge is 2.48. The third-order valence-corrected chi connectivity index (χ3v) is 6.08. The smallest absolute Gasteiger partial charge is 0.326 e. The molecule has 2 aliphatic rings. The number of carbonyl (C=O) groups excluding carboxylic acids is 2. The van der Waals surface area contributed by atoms with Gasteiger partial charge in [-0.05, 0) is 17.5 Å². The molecule has 128 valence electrons. The number of benzene rings is 1. The number of amides is 2. The average molecular weight is 348 g/mol. The SMILES string of the molecule is CC[C@H](C)[C@H](NC(=O)[C@@H]1CS[C@H]2c3ccccc3C(=O)N12)C(=O)O. The standard InChI is InChI=1S/C17H20N2O4S/c1-3-9(2)13(17(22)23)18-14(20)12-8-24-16-11-7-5-4-6-10(11)15(21)19(12)16/h4-7,9,12-13,16H,3,8H2,1-2H3,(H,18,20)(H,22,23)/t9-,12-,13-,16-/m0/s1. The van der Waals surface area contributed by atoms with E-state index in [1.807, 2.05) is 25.1 Å². The topological polar surface area (TPSA) is 86.7 Å². The summed E-state index contributed by atoms with van der Waals surface area (Å²) >= 11 is 1.54. The van der Waals surface area contributed by atoms with Gasteiger partial charge in [-0.1, -0.05) is 38.5 Å². The Labute approximate surface area is 144 Å². The summed E-state index contributed by atoms with van der Waals surface area (Å²) in [5.41, 5.74) is 1.56. The van der Waals surface area contributed by atoms with E-state index in [-0.39, 0.29) is 23.1 Å². The molecule has 0 aliphatic carbocycles. The monoisotopic (exact) mass is 348 g/mol. The van der Waals surface area contributed by atoms with Crippen molar-refractivity contribution in [1.82, 2.24) is 10.2 Å². The van der Waals surface area contributed by atoms with Crippen LogP contribution in [0.3, 0.4) is 0 Å². The lowest BCUT2D eigenvalue weighted by Crippen LogP contribution is -2.53. The van der Waals surface area contributed by atoms with Crippen LogP contribution in [0.2, 0.25) is 0 Å². The van der Waals surface area contributed by atoms with Crippen LogP contribution in [0.5, 0.6) is 0 Å². The van der Waals surface area contributed by atoms with E-state index in [9.17, 15) is 19.5 Å². The van der Waals surface area contributed by atoms with E-state index < -0.39 is 18.1 Å². The van der Waals surface area contributed by atoms with Crippen molar-refractivity contribution in [3.05, 3.63) is 35.4 Å². The van der Waals surface area contributed by atoms with E-state index in [2.05, 4.69) is 5.32 Å². The number of hydrogen-bond acceptors (Lipinski definition) is 4. The Hall–Kier alpha value is -2.02. The van der Waals surface area contributed by atoms with Crippen molar-refractivity contribution in [2.75, 3.05) is 5.75 Å². The van der Waals surface area contributed by atoms with Crippen LogP contribution < -0.4 is 5.32 Å². The van der Waals surface area contributed by atoms with Crippen molar-refractivity contribution >= 4 is 29.5 Å². The molecular weight excluding hydrogens is 328 g/mol. The van der Waals surface area contributed by atoms with Crippen molar-refractivity contribution in [2.45, 2.75) is 37.7 Å². The molecule has 2 amide bonds. The summed E-state index contributed by atoms with van der Waals surface area (Å²) in [6.45, 7) is 3.68. The molecule has 7 heteroatoms. The van der Waals surface area contributed by atoms with Gasteiger partial charge in [0.15, 0.2) is 0 Å². The van der Waals surface area contributed by atoms with Crippen molar-refractivity contribution in [2.24, 2.45) is 5.92 Å². The molecule has 0 bridgehead atoms. The highest BCUT2D eigenvalue weighted by Crippen LogP contribution is 2.48. The number of thioether (sulfide) groups is 1. The lowest BCUT2D eigenvalue weighted by atomic mass is 9.99. The zero-order valence-corrected chi connectivity index (χ0v) is 14.4. The molecule has 1 fully saturated rings. The van der Waals surface area contributed by atoms with Crippen LogP contribution in [0.25, 0.3) is 0 Å². The van der Waals surface area contributed by atoms with Crippen LogP contribution in [-0.2, 0) is 9.59 Å². The second-order valence-electron chi connectivity index (χ2n) is 6.21. The fourth-order valence-electron chi connectivity index (χ4n) is 3.17. The molecule has 3 rings (SSSR count). The van der Waals surface area contributed by atoms with Crippen molar-refractivity contribution < 1.29 is 19.5 Å². The molecular formula is C17H20N2O4S. The molecule has 0 aromatic heterocycles. The number of rotatable bonds is 5. The van der Waals surface area contributed by atoms with Crippen LogP contribution >= 0.6 is 11.8 Å². The van der Waals surface area contributed by atoms with E-state index in [1.165, 1.54) is 0 Å². The molecule has 1 saturated heterocycles. The second kappa shape index (κ2) is 6.47. The molecule has 4 atom stereocenters. The fraction of sp³-hybridized carbons (Fsp3) is 0.471. The minimum absolute atomic E-state index is 0.156. The van der Waals surface area contributed by atoms with Gasteiger partial charge in [-0.15, -0.1) is 11.8 Å². The molecule has 2 N–H and O–H groups in total. The van der Waals surface area contributed by atoms with Crippen LogP contribution in [0.15, 0.2) is 24.3 Å². The fourth-order valence-corrected chi connectivity index (χ4v) is 4.64. The summed E-state index contributed by atoms with van der Waals surface area (Å²) < 4.78 is 0. The highest BCUT2D eigenvalue weighted by atomic mass is 32.2. The Kier molecular flexibility index (Phi) is 4.54. The van der Waals surface area contributed by atoms with Crippen molar-refractivity contribution in [1.29, 1.82) is 0 Å². The Morgan fingerprint density at radius 2 is 2.12 bits per heavy atom. The molecule has 0 saturated carbocycles. The lowest BCUT2D eigenvalue weighted by Gasteiger charge is -2.26.